The second-order valence-electron chi connectivity index (χ2n) is 7.24. The van der Waals surface area contributed by atoms with Gasteiger partial charge in [0.05, 0.1) is 10.4 Å². The minimum absolute atomic E-state index is 0.130. The van der Waals surface area contributed by atoms with E-state index in [4.69, 9.17) is 0 Å². The summed E-state index contributed by atoms with van der Waals surface area (Å²) in [6.07, 6.45) is 4.11. The van der Waals surface area contributed by atoms with Crippen molar-refractivity contribution in [2.45, 2.75) is 49.5 Å². The molecule has 30 heavy (non-hydrogen) atoms. The first-order valence-electron chi connectivity index (χ1n) is 10.3. The van der Waals surface area contributed by atoms with Crippen LogP contribution in [0, 0.1) is 0 Å². The monoisotopic (exact) mass is 423 g/mol. The molecule has 2 aromatic carbocycles. The summed E-state index contributed by atoms with van der Waals surface area (Å²) in [4.78, 5) is 4.82. The predicted octanol–water partition coefficient (Wildman–Crippen LogP) is 4.27. The Kier molecular flexibility index (Phi) is 5.67. The Bertz CT molecular complexity index is 1280. The Labute approximate surface area is 176 Å². The van der Waals surface area contributed by atoms with E-state index in [9.17, 15) is 8.42 Å². The summed E-state index contributed by atoms with van der Waals surface area (Å²) in [7, 11) is -3.85. The molecule has 0 fully saturated rings. The third-order valence-electron chi connectivity index (χ3n) is 5.19. The third-order valence-corrected chi connectivity index (χ3v) is 6.86. The summed E-state index contributed by atoms with van der Waals surface area (Å²) >= 11 is 0. The first-order valence-corrected chi connectivity index (χ1v) is 11.8. The van der Waals surface area contributed by atoms with Gasteiger partial charge in [-0.1, -0.05) is 56.2 Å². The van der Waals surface area contributed by atoms with E-state index >= 15 is 0 Å². The van der Waals surface area contributed by atoms with Crippen molar-refractivity contribution in [3.8, 4) is 0 Å². The largest absolute Gasteiger partial charge is 0.369 e. The van der Waals surface area contributed by atoms with Crippen LogP contribution < -0.4 is 5.32 Å². The number of hydrogen-bond acceptors (Lipinski definition) is 6. The number of nitrogens with one attached hydrogen (secondary N) is 1. The van der Waals surface area contributed by atoms with E-state index in [0.29, 0.717) is 5.82 Å². The Hall–Kier alpha value is -3.00. The van der Waals surface area contributed by atoms with Crippen LogP contribution in [0.2, 0.25) is 0 Å². The van der Waals surface area contributed by atoms with E-state index in [1.807, 2.05) is 43.3 Å². The second-order valence-corrected chi connectivity index (χ2v) is 9.11. The van der Waals surface area contributed by atoms with Gasteiger partial charge >= 0.3 is 0 Å². The summed E-state index contributed by atoms with van der Waals surface area (Å²) in [6.45, 7) is 4.95. The molecule has 8 heteroatoms. The average molecular weight is 424 g/mol. The molecule has 0 radical (unpaired) electrons. The number of hydrogen-bond donors (Lipinski definition) is 1. The van der Waals surface area contributed by atoms with Gasteiger partial charge in [-0.05, 0) is 42.7 Å². The average Bonchev–Trinajstić information content (AvgIpc) is 3.21. The van der Waals surface area contributed by atoms with Crippen molar-refractivity contribution in [1.82, 2.24) is 19.8 Å². The first-order chi connectivity index (χ1) is 14.6. The topological polar surface area (TPSA) is 89.2 Å². The molecule has 0 atom stereocenters. The highest BCUT2D eigenvalue weighted by Gasteiger charge is 2.27. The van der Waals surface area contributed by atoms with Gasteiger partial charge < -0.3 is 5.32 Å². The first kappa shape index (κ1) is 20.3. The Balaban J connectivity index is 1.84. The van der Waals surface area contributed by atoms with Gasteiger partial charge in [0.1, 0.15) is 5.82 Å². The summed E-state index contributed by atoms with van der Waals surface area (Å²) < 4.78 is 28.1. The van der Waals surface area contributed by atoms with E-state index in [0.717, 1.165) is 48.7 Å². The number of benzene rings is 2. The fourth-order valence-corrected chi connectivity index (χ4v) is 4.69. The van der Waals surface area contributed by atoms with Gasteiger partial charge in [-0.2, -0.15) is 4.52 Å². The summed E-state index contributed by atoms with van der Waals surface area (Å²) in [5.41, 5.74) is 2.06. The van der Waals surface area contributed by atoms with E-state index in [1.165, 1.54) is 4.52 Å². The quantitative estimate of drug-likeness (QED) is 0.426. The zero-order valence-corrected chi connectivity index (χ0v) is 18.0. The molecular formula is C22H25N5O2S. The highest BCUT2D eigenvalue weighted by atomic mass is 32.2. The van der Waals surface area contributed by atoms with Crippen LogP contribution >= 0.6 is 0 Å². The van der Waals surface area contributed by atoms with Gasteiger partial charge in [0, 0.05) is 11.9 Å². The van der Waals surface area contributed by atoms with E-state index in [-0.39, 0.29) is 15.6 Å². The number of nitrogens with zero attached hydrogens (tertiary/aromatic N) is 4. The van der Waals surface area contributed by atoms with E-state index in [2.05, 4.69) is 27.5 Å². The zero-order chi connectivity index (χ0) is 21.1. The second kappa shape index (κ2) is 8.39. The smallest absolute Gasteiger partial charge is 0.229 e. The lowest BCUT2D eigenvalue weighted by molar-refractivity contribution is 0.592. The molecule has 4 aromatic rings. The van der Waals surface area contributed by atoms with Gasteiger partial charge in [0.25, 0.3) is 0 Å². The van der Waals surface area contributed by atoms with Gasteiger partial charge in [0.15, 0.2) is 5.65 Å². The van der Waals surface area contributed by atoms with Crippen LogP contribution in [0.4, 0.5) is 5.82 Å². The van der Waals surface area contributed by atoms with E-state index in [1.54, 1.807) is 12.1 Å². The standard InChI is InChI=1S/C22H25N5O2S/c1-3-5-8-15-23-20-18-9-6-7-10-19(18)27-21(24-20)22(25-26-27)30(28,29)17-13-11-16(4-2)12-14-17/h6-7,9-14H,3-5,8,15H2,1-2H3,(H,23,24). The Morgan fingerprint density at radius 3 is 2.50 bits per heavy atom. The zero-order valence-electron chi connectivity index (χ0n) is 17.2. The molecule has 0 aliphatic rings. The summed E-state index contributed by atoms with van der Waals surface area (Å²) in [6, 6.07) is 14.5. The van der Waals surface area contributed by atoms with Crippen molar-refractivity contribution in [1.29, 1.82) is 0 Å². The van der Waals surface area contributed by atoms with Crippen molar-refractivity contribution in [3.63, 3.8) is 0 Å². The molecular weight excluding hydrogens is 398 g/mol. The third kappa shape index (κ3) is 3.63. The lowest BCUT2D eigenvalue weighted by Crippen LogP contribution is -2.08. The number of rotatable bonds is 8. The van der Waals surface area contributed by atoms with Gasteiger partial charge in [-0.25, -0.2) is 13.4 Å². The summed E-state index contributed by atoms with van der Waals surface area (Å²) in [5.74, 6) is 0.647. The molecule has 0 unspecified atom stereocenters. The molecule has 0 saturated carbocycles. The fourth-order valence-electron chi connectivity index (χ4n) is 3.45. The number of unbranched alkanes of at least 4 members (excludes halogenated alkanes) is 2. The van der Waals surface area contributed by atoms with Gasteiger partial charge in [-0.15, -0.1) is 5.10 Å². The van der Waals surface area contributed by atoms with Crippen LogP contribution in [0.1, 0.15) is 38.7 Å². The van der Waals surface area contributed by atoms with Crippen molar-refractivity contribution >= 4 is 32.2 Å². The highest BCUT2D eigenvalue weighted by molar-refractivity contribution is 7.91. The van der Waals surface area contributed by atoms with Crippen LogP contribution in [0.25, 0.3) is 16.6 Å². The van der Waals surface area contributed by atoms with Crippen molar-refractivity contribution in [2.24, 2.45) is 0 Å². The lowest BCUT2D eigenvalue weighted by Gasteiger charge is -2.10. The maximum absolute atomic E-state index is 13.3. The summed E-state index contributed by atoms with van der Waals surface area (Å²) in [5, 5.41) is 12.3. The SMILES string of the molecule is CCCCCNc1nc2c(S(=O)(=O)c3ccc(CC)cc3)nnn2c2ccccc12. The molecule has 0 aliphatic heterocycles. The normalized spacial score (nSPS) is 11.9. The molecule has 7 nitrogen and oxygen atoms in total. The molecule has 4 rings (SSSR count). The molecule has 0 saturated heterocycles. The highest BCUT2D eigenvalue weighted by Crippen LogP contribution is 2.28. The number of fused-ring (bicyclic) bond motifs is 3. The van der Waals surface area contributed by atoms with Crippen LogP contribution in [-0.2, 0) is 16.3 Å². The Morgan fingerprint density at radius 2 is 1.77 bits per heavy atom. The Morgan fingerprint density at radius 1 is 1.00 bits per heavy atom. The molecule has 0 aliphatic carbocycles. The van der Waals surface area contributed by atoms with Gasteiger partial charge in [-0.3, -0.25) is 0 Å². The van der Waals surface area contributed by atoms with E-state index < -0.39 is 9.84 Å². The maximum atomic E-state index is 13.3. The minimum Gasteiger partial charge on any atom is -0.369 e. The van der Waals surface area contributed by atoms with Crippen molar-refractivity contribution < 1.29 is 8.42 Å². The number of para-hydroxylation sites is 1. The van der Waals surface area contributed by atoms with Gasteiger partial charge in [0.2, 0.25) is 14.9 Å². The molecule has 1 N–H and O–H groups in total. The molecule has 156 valence electrons. The molecule has 0 spiro atoms. The molecule has 2 heterocycles. The van der Waals surface area contributed by atoms with Crippen molar-refractivity contribution in [3.05, 3.63) is 54.1 Å². The molecule has 0 amide bonds. The van der Waals surface area contributed by atoms with Crippen LogP contribution in [0.5, 0.6) is 0 Å². The van der Waals surface area contributed by atoms with Crippen LogP contribution in [-0.4, -0.2) is 34.8 Å². The van der Waals surface area contributed by atoms with Crippen molar-refractivity contribution in [2.75, 3.05) is 11.9 Å². The van der Waals surface area contributed by atoms with Crippen LogP contribution in [0.3, 0.4) is 0 Å². The van der Waals surface area contributed by atoms with Crippen LogP contribution in [0.15, 0.2) is 58.5 Å². The minimum atomic E-state index is -3.85. The maximum Gasteiger partial charge on any atom is 0.229 e. The fraction of sp³-hybridized carbons (Fsp3) is 0.318. The number of aryl methyl sites for hydroxylation is 1. The number of aromatic nitrogens is 4. The number of anilines is 1. The lowest BCUT2D eigenvalue weighted by atomic mass is 10.2. The molecule has 2 aromatic heterocycles. The predicted molar refractivity (Wildman–Crippen MR) is 118 cm³/mol. The molecule has 0 bridgehead atoms. The number of sulfone groups is 1.